The number of benzene rings is 4. The topological polar surface area (TPSA) is 86.8 Å². The largest absolute Gasteiger partial charge is 0.357 e. The molecule has 4 aromatic rings. The zero-order valence-electron chi connectivity index (χ0n) is 23.2. The van der Waals surface area contributed by atoms with E-state index in [-0.39, 0.29) is 23.5 Å². The van der Waals surface area contributed by atoms with E-state index >= 15 is 0 Å². The molecule has 0 spiro atoms. The summed E-state index contributed by atoms with van der Waals surface area (Å²) < 4.78 is 56.0. The Hall–Kier alpha value is -4.57. The highest BCUT2D eigenvalue weighted by atomic mass is 32.2. The molecule has 0 aliphatic heterocycles. The lowest BCUT2D eigenvalue weighted by atomic mass is 10.0. The van der Waals surface area contributed by atoms with Gasteiger partial charge in [0.1, 0.15) is 24.2 Å². The molecule has 0 aliphatic carbocycles. The molecule has 0 aromatic heterocycles. The molecule has 10 heteroatoms. The number of halogens is 2. The summed E-state index contributed by atoms with van der Waals surface area (Å²) in [5.74, 6) is -2.17. The van der Waals surface area contributed by atoms with Crippen molar-refractivity contribution in [3.8, 4) is 0 Å². The maximum atomic E-state index is 14.2. The Bertz CT molecular complexity index is 1610. The molecule has 0 saturated heterocycles. The summed E-state index contributed by atoms with van der Waals surface area (Å²) in [7, 11) is -2.88. The number of aryl methyl sites for hydroxylation is 1. The highest BCUT2D eigenvalue weighted by Crippen LogP contribution is 2.26. The normalized spacial score (nSPS) is 11.9. The summed E-state index contributed by atoms with van der Waals surface area (Å²) in [6.07, 6.45) is 0.155. The number of rotatable bonds is 11. The Labute approximate surface area is 244 Å². The second-order valence-electron chi connectivity index (χ2n) is 9.77. The van der Waals surface area contributed by atoms with Crippen molar-refractivity contribution in [2.75, 3.05) is 17.9 Å². The van der Waals surface area contributed by atoms with E-state index < -0.39 is 46.1 Å². The lowest BCUT2D eigenvalue weighted by molar-refractivity contribution is -0.139. The molecule has 0 bridgehead atoms. The van der Waals surface area contributed by atoms with Crippen LogP contribution in [-0.4, -0.2) is 44.8 Å². The van der Waals surface area contributed by atoms with Gasteiger partial charge in [-0.15, -0.1) is 0 Å². The quantitative estimate of drug-likeness (QED) is 0.270. The van der Waals surface area contributed by atoms with Crippen LogP contribution in [0.3, 0.4) is 0 Å². The number of amides is 2. The van der Waals surface area contributed by atoms with Crippen molar-refractivity contribution >= 4 is 27.5 Å². The van der Waals surface area contributed by atoms with E-state index in [1.807, 2.05) is 37.3 Å². The smallest absolute Gasteiger partial charge is 0.264 e. The van der Waals surface area contributed by atoms with Crippen LogP contribution in [0.2, 0.25) is 0 Å². The first-order valence-corrected chi connectivity index (χ1v) is 14.7. The van der Waals surface area contributed by atoms with Gasteiger partial charge in [-0.05, 0) is 66.6 Å². The van der Waals surface area contributed by atoms with Crippen LogP contribution in [0.25, 0.3) is 0 Å². The molecule has 7 nitrogen and oxygen atoms in total. The predicted molar refractivity (Wildman–Crippen MR) is 157 cm³/mol. The Balaban J connectivity index is 1.77. The summed E-state index contributed by atoms with van der Waals surface area (Å²) in [6, 6.07) is 24.5. The fraction of sp³-hybridized carbons (Fsp3) is 0.188. The number of sulfonamides is 1. The molecule has 4 rings (SSSR count). The van der Waals surface area contributed by atoms with Crippen molar-refractivity contribution in [1.29, 1.82) is 0 Å². The van der Waals surface area contributed by atoms with Crippen LogP contribution in [0.5, 0.6) is 0 Å². The van der Waals surface area contributed by atoms with Crippen LogP contribution in [-0.2, 0) is 32.6 Å². The number of carbonyl (C=O) groups excluding carboxylic acids is 2. The Kier molecular flexibility index (Phi) is 9.69. The molecule has 1 atom stereocenters. The van der Waals surface area contributed by atoms with Crippen molar-refractivity contribution in [3.63, 3.8) is 0 Å². The third kappa shape index (κ3) is 7.38. The van der Waals surface area contributed by atoms with Gasteiger partial charge in [-0.2, -0.15) is 0 Å². The number of likely N-dealkylation sites (N-methyl/N-ethyl adjacent to an activating group) is 1. The Morgan fingerprint density at radius 2 is 1.36 bits per heavy atom. The lowest BCUT2D eigenvalue weighted by Gasteiger charge is -2.33. The first kappa shape index (κ1) is 30.4. The molecule has 0 heterocycles. The molecule has 0 aliphatic rings. The second-order valence-corrected chi connectivity index (χ2v) is 11.6. The van der Waals surface area contributed by atoms with Crippen molar-refractivity contribution in [2.45, 2.75) is 30.8 Å². The fourth-order valence-electron chi connectivity index (χ4n) is 4.48. The van der Waals surface area contributed by atoms with Crippen molar-refractivity contribution < 1.29 is 26.8 Å². The summed E-state index contributed by atoms with van der Waals surface area (Å²) >= 11 is 0. The van der Waals surface area contributed by atoms with Gasteiger partial charge < -0.3 is 10.2 Å². The zero-order chi connectivity index (χ0) is 30.3. The first-order valence-electron chi connectivity index (χ1n) is 13.2. The van der Waals surface area contributed by atoms with Crippen LogP contribution in [0.1, 0.15) is 16.7 Å². The summed E-state index contributed by atoms with van der Waals surface area (Å²) in [5.41, 5.74) is 2.44. The van der Waals surface area contributed by atoms with Crippen molar-refractivity contribution in [3.05, 3.63) is 131 Å². The highest BCUT2D eigenvalue weighted by molar-refractivity contribution is 7.92. The molecule has 0 saturated carbocycles. The average Bonchev–Trinajstić information content (AvgIpc) is 2.99. The van der Waals surface area contributed by atoms with Gasteiger partial charge in [-0.1, -0.05) is 60.2 Å². The number of hydrogen-bond donors (Lipinski definition) is 1. The van der Waals surface area contributed by atoms with Gasteiger partial charge in [0.25, 0.3) is 10.0 Å². The Morgan fingerprint density at radius 3 is 1.93 bits per heavy atom. The average molecular weight is 592 g/mol. The molecule has 4 aromatic carbocycles. The SMILES string of the molecule is CNC(=O)[C@H](Cc1ccccc1)N(Cc1ccc(F)cc1)C(=O)CN(c1ccc(C)cc1)S(=O)(=O)c1ccc(F)cc1. The minimum Gasteiger partial charge on any atom is -0.357 e. The molecule has 0 fully saturated rings. The highest BCUT2D eigenvalue weighted by Gasteiger charge is 2.34. The first-order chi connectivity index (χ1) is 20.1. The second kappa shape index (κ2) is 13.4. The third-order valence-corrected chi connectivity index (χ3v) is 8.57. The number of nitrogens with one attached hydrogen (secondary N) is 1. The minimum absolute atomic E-state index is 0.0810. The van der Waals surface area contributed by atoms with E-state index in [1.54, 1.807) is 24.3 Å². The van der Waals surface area contributed by atoms with Crippen LogP contribution < -0.4 is 9.62 Å². The van der Waals surface area contributed by atoms with Crippen LogP contribution >= 0.6 is 0 Å². The maximum Gasteiger partial charge on any atom is 0.264 e. The lowest BCUT2D eigenvalue weighted by Crippen LogP contribution is -2.53. The molecule has 42 heavy (non-hydrogen) atoms. The van der Waals surface area contributed by atoms with E-state index in [0.717, 1.165) is 39.7 Å². The number of anilines is 1. The minimum atomic E-state index is -4.33. The number of carbonyl (C=O) groups is 2. The van der Waals surface area contributed by atoms with E-state index in [9.17, 15) is 26.8 Å². The van der Waals surface area contributed by atoms with Gasteiger partial charge in [0.15, 0.2) is 0 Å². The fourth-order valence-corrected chi connectivity index (χ4v) is 5.89. The van der Waals surface area contributed by atoms with Crippen LogP contribution in [0.15, 0.2) is 108 Å². The molecule has 1 N–H and O–H groups in total. The van der Waals surface area contributed by atoms with E-state index in [0.29, 0.717) is 5.56 Å². The van der Waals surface area contributed by atoms with Crippen LogP contribution in [0, 0.1) is 18.6 Å². The monoisotopic (exact) mass is 591 g/mol. The van der Waals surface area contributed by atoms with Gasteiger partial charge in [-0.3, -0.25) is 13.9 Å². The summed E-state index contributed by atoms with van der Waals surface area (Å²) in [4.78, 5) is 28.5. The van der Waals surface area contributed by atoms with Gasteiger partial charge >= 0.3 is 0 Å². The van der Waals surface area contributed by atoms with Gasteiger partial charge in [-0.25, -0.2) is 17.2 Å². The van der Waals surface area contributed by atoms with Gasteiger partial charge in [0.05, 0.1) is 10.6 Å². The van der Waals surface area contributed by atoms with E-state index in [4.69, 9.17) is 0 Å². The van der Waals surface area contributed by atoms with Crippen LogP contribution in [0.4, 0.5) is 14.5 Å². The summed E-state index contributed by atoms with van der Waals surface area (Å²) in [6.45, 7) is 1.12. The predicted octanol–water partition coefficient (Wildman–Crippen LogP) is 4.85. The number of nitrogens with zero attached hydrogens (tertiary/aromatic N) is 2. The standard InChI is InChI=1S/C32H31F2N3O4S/c1-23-8-16-28(17-9-23)37(42(40,41)29-18-14-27(34)15-19-29)22-31(38)36(21-25-10-12-26(33)13-11-25)30(32(39)35-2)20-24-6-4-3-5-7-24/h3-19,30H,20-22H2,1-2H3,(H,35,39)/t30-/m0/s1. The molecular weight excluding hydrogens is 560 g/mol. The molecular formula is C32H31F2N3O4S. The van der Waals surface area contributed by atoms with E-state index in [1.165, 1.54) is 36.2 Å². The van der Waals surface area contributed by atoms with Gasteiger partial charge in [0.2, 0.25) is 11.8 Å². The molecule has 2 amide bonds. The van der Waals surface area contributed by atoms with E-state index in [2.05, 4.69) is 5.32 Å². The number of hydrogen-bond acceptors (Lipinski definition) is 4. The molecule has 0 radical (unpaired) electrons. The Morgan fingerprint density at radius 1 is 0.786 bits per heavy atom. The van der Waals surface area contributed by atoms with Gasteiger partial charge in [0, 0.05) is 20.0 Å². The summed E-state index contributed by atoms with van der Waals surface area (Å²) in [5, 5.41) is 2.61. The maximum absolute atomic E-state index is 14.2. The molecule has 218 valence electrons. The molecule has 0 unspecified atom stereocenters. The van der Waals surface area contributed by atoms with Crippen molar-refractivity contribution in [2.24, 2.45) is 0 Å². The third-order valence-electron chi connectivity index (χ3n) is 6.79. The van der Waals surface area contributed by atoms with Crippen molar-refractivity contribution in [1.82, 2.24) is 10.2 Å². The zero-order valence-corrected chi connectivity index (χ0v) is 24.0.